The normalized spacial score (nSPS) is 12.2. The van der Waals surface area contributed by atoms with E-state index in [0.717, 1.165) is 34.5 Å². The van der Waals surface area contributed by atoms with Gasteiger partial charge in [-0.1, -0.05) is 39.5 Å². The first-order valence-electron chi connectivity index (χ1n) is 6.46. The molecule has 4 nitrogen and oxygen atoms in total. The maximum atomic E-state index is 12.2. The number of carbonyl (C=O) groups excluding carboxylic acids is 1. The number of halogens is 1. The molecule has 1 aromatic carbocycles. The highest BCUT2D eigenvalue weighted by Gasteiger charge is 2.16. The van der Waals surface area contributed by atoms with Crippen LogP contribution in [-0.2, 0) is 12.8 Å². The van der Waals surface area contributed by atoms with Gasteiger partial charge in [-0.15, -0.1) is 5.10 Å². The Morgan fingerprint density at radius 2 is 2.10 bits per heavy atom. The number of hydrogen-bond donors (Lipinski definition) is 1. The summed E-state index contributed by atoms with van der Waals surface area (Å²) < 4.78 is 4.90. The maximum absolute atomic E-state index is 12.2. The molecule has 1 aromatic heterocycles. The van der Waals surface area contributed by atoms with Crippen LogP contribution in [0.25, 0.3) is 0 Å². The number of benzene rings is 1. The minimum absolute atomic E-state index is 0.0653. The Labute approximate surface area is 130 Å². The van der Waals surface area contributed by atoms with E-state index in [1.54, 1.807) is 0 Å². The summed E-state index contributed by atoms with van der Waals surface area (Å²) in [5.41, 5.74) is 1.96. The minimum atomic E-state index is -0.0820. The van der Waals surface area contributed by atoms with Gasteiger partial charge in [0.2, 0.25) is 0 Å². The lowest BCUT2D eigenvalue weighted by molar-refractivity contribution is 0.0943. The standard InChI is InChI=1S/C14H16BrN3OS/c1-3-12-13(20-18-17-12)14(19)16-9(2)8-10-4-6-11(15)7-5-10/h4-7,9H,3,8H2,1-2H3,(H,16,19)/t9-/m0/s1. The van der Waals surface area contributed by atoms with E-state index in [4.69, 9.17) is 0 Å². The lowest BCUT2D eigenvalue weighted by Crippen LogP contribution is -2.34. The Kier molecular flexibility index (Phi) is 5.25. The molecule has 6 heteroatoms. The molecule has 1 heterocycles. The van der Waals surface area contributed by atoms with Crippen LogP contribution in [0.3, 0.4) is 0 Å². The smallest absolute Gasteiger partial charge is 0.265 e. The fraction of sp³-hybridized carbons (Fsp3) is 0.357. The SMILES string of the molecule is CCc1nnsc1C(=O)N[C@@H](C)Cc1ccc(Br)cc1. The van der Waals surface area contributed by atoms with Crippen molar-refractivity contribution in [1.82, 2.24) is 14.9 Å². The molecule has 0 unspecified atom stereocenters. The highest BCUT2D eigenvalue weighted by molar-refractivity contribution is 9.10. The lowest BCUT2D eigenvalue weighted by atomic mass is 10.1. The molecule has 0 radical (unpaired) electrons. The molecule has 1 N–H and O–H groups in total. The molecule has 0 fully saturated rings. The summed E-state index contributed by atoms with van der Waals surface area (Å²) in [5, 5.41) is 6.96. The Morgan fingerprint density at radius 1 is 1.40 bits per heavy atom. The quantitative estimate of drug-likeness (QED) is 0.897. The summed E-state index contributed by atoms with van der Waals surface area (Å²) >= 11 is 4.56. The zero-order valence-corrected chi connectivity index (χ0v) is 13.8. The molecule has 0 bridgehead atoms. The second-order valence-electron chi connectivity index (χ2n) is 4.61. The number of aryl methyl sites for hydroxylation is 1. The third-order valence-corrected chi connectivity index (χ3v) is 4.23. The Morgan fingerprint density at radius 3 is 2.75 bits per heavy atom. The fourth-order valence-corrected chi connectivity index (χ4v) is 2.84. The van der Waals surface area contributed by atoms with Gasteiger partial charge in [-0.05, 0) is 49.0 Å². The molecule has 2 rings (SSSR count). The van der Waals surface area contributed by atoms with Gasteiger partial charge in [0.1, 0.15) is 4.88 Å². The Balaban J connectivity index is 1.96. The van der Waals surface area contributed by atoms with Crippen molar-refractivity contribution in [3.8, 4) is 0 Å². The molecule has 1 atom stereocenters. The van der Waals surface area contributed by atoms with Crippen LogP contribution in [0.5, 0.6) is 0 Å². The topological polar surface area (TPSA) is 54.9 Å². The van der Waals surface area contributed by atoms with E-state index in [2.05, 4.69) is 43.0 Å². The molecule has 0 spiro atoms. The van der Waals surface area contributed by atoms with Crippen molar-refractivity contribution in [3.05, 3.63) is 44.9 Å². The number of hydrogen-bond acceptors (Lipinski definition) is 4. The van der Waals surface area contributed by atoms with Crippen LogP contribution >= 0.6 is 27.5 Å². The zero-order chi connectivity index (χ0) is 14.5. The van der Waals surface area contributed by atoms with Crippen molar-refractivity contribution >= 4 is 33.4 Å². The molecular weight excluding hydrogens is 338 g/mol. The molecule has 2 aromatic rings. The van der Waals surface area contributed by atoms with Crippen molar-refractivity contribution in [2.24, 2.45) is 0 Å². The van der Waals surface area contributed by atoms with Gasteiger partial charge in [0, 0.05) is 10.5 Å². The molecule has 0 saturated heterocycles. The molecule has 1 amide bonds. The lowest BCUT2D eigenvalue weighted by Gasteiger charge is -2.13. The number of carbonyl (C=O) groups is 1. The van der Waals surface area contributed by atoms with Gasteiger partial charge >= 0.3 is 0 Å². The zero-order valence-electron chi connectivity index (χ0n) is 11.4. The molecule has 106 valence electrons. The average molecular weight is 354 g/mol. The summed E-state index contributed by atoms with van der Waals surface area (Å²) in [6.07, 6.45) is 1.52. The van der Waals surface area contributed by atoms with E-state index < -0.39 is 0 Å². The van der Waals surface area contributed by atoms with E-state index in [0.29, 0.717) is 4.88 Å². The average Bonchev–Trinajstić information content (AvgIpc) is 2.89. The monoisotopic (exact) mass is 353 g/mol. The predicted octanol–water partition coefficient (Wildman–Crippen LogP) is 3.22. The van der Waals surface area contributed by atoms with E-state index in [1.165, 1.54) is 5.56 Å². The Hall–Kier alpha value is -1.27. The number of aromatic nitrogens is 2. The van der Waals surface area contributed by atoms with E-state index >= 15 is 0 Å². The van der Waals surface area contributed by atoms with Crippen LogP contribution < -0.4 is 5.32 Å². The third kappa shape index (κ3) is 3.86. The van der Waals surface area contributed by atoms with Gasteiger partial charge in [-0.3, -0.25) is 4.79 Å². The van der Waals surface area contributed by atoms with Crippen LogP contribution in [0, 0.1) is 0 Å². The van der Waals surface area contributed by atoms with Gasteiger partial charge in [0.25, 0.3) is 5.91 Å². The van der Waals surface area contributed by atoms with Gasteiger partial charge in [-0.25, -0.2) is 0 Å². The highest BCUT2D eigenvalue weighted by atomic mass is 79.9. The first kappa shape index (κ1) is 15.1. The van der Waals surface area contributed by atoms with Crippen LogP contribution in [-0.4, -0.2) is 21.5 Å². The fourth-order valence-electron chi connectivity index (χ4n) is 1.93. The van der Waals surface area contributed by atoms with Crippen molar-refractivity contribution in [1.29, 1.82) is 0 Å². The van der Waals surface area contributed by atoms with Crippen LogP contribution in [0.2, 0.25) is 0 Å². The highest BCUT2D eigenvalue weighted by Crippen LogP contribution is 2.13. The van der Waals surface area contributed by atoms with Crippen LogP contribution in [0.4, 0.5) is 0 Å². The minimum Gasteiger partial charge on any atom is -0.348 e. The summed E-state index contributed by atoms with van der Waals surface area (Å²) in [5.74, 6) is -0.0820. The van der Waals surface area contributed by atoms with Gasteiger partial charge < -0.3 is 5.32 Å². The molecule has 0 aliphatic rings. The van der Waals surface area contributed by atoms with E-state index in [-0.39, 0.29) is 11.9 Å². The van der Waals surface area contributed by atoms with Gasteiger partial charge in [-0.2, -0.15) is 0 Å². The van der Waals surface area contributed by atoms with Crippen molar-refractivity contribution in [2.45, 2.75) is 32.7 Å². The number of amides is 1. The molecule has 0 aliphatic heterocycles. The summed E-state index contributed by atoms with van der Waals surface area (Å²) in [6.45, 7) is 3.97. The maximum Gasteiger partial charge on any atom is 0.265 e. The van der Waals surface area contributed by atoms with Gasteiger partial charge in [0.05, 0.1) is 5.69 Å². The van der Waals surface area contributed by atoms with Crippen LogP contribution in [0.15, 0.2) is 28.7 Å². The molecule has 0 aliphatic carbocycles. The second kappa shape index (κ2) is 6.95. The van der Waals surface area contributed by atoms with Crippen molar-refractivity contribution in [2.75, 3.05) is 0 Å². The molecular formula is C14H16BrN3OS. The van der Waals surface area contributed by atoms with Crippen LogP contribution in [0.1, 0.15) is 34.8 Å². The van der Waals surface area contributed by atoms with E-state index in [1.807, 2.05) is 26.0 Å². The van der Waals surface area contributed by atoms with E-state index in [9.17, 15) is 4.79 Å². The van der Waals surface area contributed by atoms with Crippen molar-refractivity contribution in [3.63, 3.8) is 0 Å². The summed E-state index contributed by atoms with van der Waals surface area (Å²) in [4.78, 5) is 12.8. The third-order valence-electron chi connectivity index (χ3n) is 2.93. The Bertz CT molecular complexity index is 582. The van der Waals surface area contributed by atoms with Crippen molar-refractivity contribution < 1.29 is 4.79 Å². The largest absolute Gasteiger partial charge is 0.348 e. The second-order valence-corrected chi connectivity index (χ2v) is 6.28. The molecule has 20 heavy (non-hydrogen) atoms. The number of nitrogens with zero attached hydrogens (tertiary/aromatic N) is 2. The number of nitrogens with one attached hydrogen (secondary N) is 1. The van der Waals surface area contributed by atoms with Gasteiger partial charge in [0.15, 0.2) is 0 Å². The summed E-state index contributed by atoms with van der Waals surface area (Å²) in [6, 6.07) is 8.19. The first-order chi connectivity index (χ1) is 9.60. The predicted molar refractivity (Wildman–Crippen MR) is 84.1 cm³/mol. The molecule has 0 saturated carbocycles. The number of rotatable bonds is 5. The summed E-state index contributed by atoms with van der Waals surface area (Å²) in [7, 11) is 0. The first-order valence-corrected chi connectivity index (χ1v) is 8.03.